The number of ether oxygens (including phenoxy) is 2. The van der Waals surface area contributed by atoms with Gasteiger partial charge in [0.25, 0.3) is 0 Å². The van der Waals surface area contributed by atoms with E-state index in [1.165, 1.54) is 56.4 Å². The van der Waals surface area contributed by atoms with E-state index in [9.17, 15) is 0 Å². The summed E-state index contributed by atoms with van der Waals surface area (Å²) in [6.07, 6.45) is 4.60. The van der Waals surface area contributed by atoms with Crippen molar-refractivity contribution in [2.75, 3.05) is 14.2 Å². The first-order valence-corrected chi connectivity index (χ1v) is 16.0. The summed E-state index contributed by atoms with van der Waals surface area (Å²) < 4.78 is 12.2. The van der Waals surface area contributed by atoms with Crippen LogP contribution >= 0.6 is 20.0 Å². The van der Waals surface area contributed by atoms with E-state index in [2.05, 4.69) is 111 Å². The molecule has 0 aromatic heterocycles. The Bertz CT molecular complexity index is 1400. The van der Waals surface area contributed by atoms with Gasteiger partial charge in [0.1, 0.15) is 11.5 Å². The van der Waals surface area contributed by atoms with Gasteiger partial charge in [0.15, 0.2) is 0 Å². The molecule has 216 valence electrons. The molecule has 0 atom stereocenters. The predicted octanol–water partition coefficient (Wildman–Crippen LogP) is 10.1. The molecule has 3 aromatic rings. The fraction of sp³-hybridized carbons (Fsp3) is 0.378. The molecule has 3 aromatic carbocycles. The Morgan fingerprint density at radius 3 is 1.41 bits per heavy atom. The van der Waals surface area contributed by atoms with Crippen LogP contribution in [0.2, 0.25) is 0 Å². The fourth-order valence-electron chi connectivity index (χ4n) is 4.93. The van der Waals surface area contributed by atoms with Crippen LogP contribution in [-0.4, -0.2) is 18.8 Å². The first kappa shape index (κ1) is 31.2. The third-order valence-electron chi connectivity index (χ3n) is 7.41. The molecule has 41 heavy (non-hydrogen) atoms. The molecule has 0 N–H and O–H groups in total. The summed E-state index contributed by atoms with van der Waals surface area (Å²) in [6, 6.07) is 21.7. The number of thioether (sulfide) groups is 1. The van der Waals surface area contributed by atoms with E-state index in [0.717, 1.165) is 11.5 Å². The molecule has 0 saturated carbocycles. The molecular weight excluding hydrogens is 539 g/mol. The van der Waals surface area contributed by atoms with Gasteiger partial charge < -0.3 is 9.47 Å². The average Bonchev–Trinajstić information content (AvgIpc) is 3.35. The highest BCUT2D eigenvalue weighted by Crippen LogP contribution is 2.42. The van der Waals surface area contributed by atoms with Crippen molar-refractivity contribution in [2.24, 2.45) is 0 Å². The summed E-state index contributed by atoms with van der Waals surface area (Å²) in [6.45, 7) is 21.0. The van der Waals surface area contributed by atoms with Gasteiger partial charge >= 0.3 is 0 Å². The molecule has 0 fully saturated rings. The first-order valence-electron chi connectivity index (χ1n) is 14.3. The van der Waals surface area contributed by atoms with E-state index in [-0.39, 0.29) is 16.2 Å². The average molecular weight is 585 g/mol. The first-order chi connectivity index (χ1) is 19.1. The number of hydrogen-bond donors (Lipinski definition) is 0. The Balaban J connectivity index is 1.88. The lowest BCUT2D eigenvalue weighted by atomic mass is 9.75. The molecule has 1 aliphatic rings. The normalized spacial score (nSPS) is 15.0. The SMILES string of the molecule is COc1ccc(C(=C2C=CC(=Pc3c(C(C)(C)C)cc(C(C)(C)C)cc3C(C)(C)C)S2)c2ccc(OC)cc2)cc1. The van der Waals surface area contributed by atoms with Crippen LogP contribution in [0.4, 0.5) is 0 Å². The van der Waals surface area contributed by atoms with Gasteiger partial charge in [-0.25, -0.2) is 0 Å². The third kappa shape index (κ3) is 7.19. The van der Waals surface area contributed by atoms with Crippen LogP contribution < -0.4 is 14.8 Å². The summed E-state index contributed by atoms with van der Waals surface area (Å²) >= 11 is 1.88. The number of hydrogen-bond acceptors (Lipinski definition) is 3. The zero-order valence-corrected chi connectivity index (χ0v) is 28.3. The topological polar surface area (TPSA) is 18.5 Å². The van der Waals surface area contributed by atoms with Crippen molar-refractivity contribution in [3.8, 4) is 11.5 Å². The van der Waals surface area contributed by atoms with Gasteiger partial charge in [-0.3, -0.25) is 0 Å². The van der Waals surface area contributed by atoms with E-state index in [4.69, 9.17) is 9.47 Å². The summed E-state index contributed by atoms with van der Waals surface area (Å²) in [5.41, 5.74) is 8.02. The van der Waals surface area contributed by atoms with Crippen LogP contribution in [-0.2, 0) is 16.2 Å². The van der Waals surface area contributed by atoms with Gasteiger partial charge in [0.05, 0.1) is 14.2 Å². The predicted molar refractivity (Wildman–Crippen MR) is 183 cm³/mol. The second kappa shape index (κ2) is 11.9. The lowest BCUT2D eigenvalue weighted by molar-refractivity contribution is 0.414. The number of benzene rings is 3. The monoisotopic (exact) mass is 584 g/mol. The van der Waals surface area contributed by atoms with Gasteiger partial charge in [0, 0.05) is 20.4 Å². The Labute approximate surface area is 254 Å². The van der Waals surface area contributed by atoms with Gasteiger partial charge in [-0.2, -0.15) is 0 Å². The molecule has 0 spiro atoms. The van der Waals surface area contributed by atoms with Crippen LogP contribution in [0.5, 0.6) is 11.5 Å². The molecular formula is C37H45O2PS. The molecule has 4 rings (SSSR count). The smallest absolute Gasteiger partial charge is 0.118 e. The van der Waals surface area contributed by atoms with Crippen molar-refractivity contribution in [1.82, 2.24) is 0 Å². The number of methoxy groups -OCH3 is 2. The largest absolute Gasteiger partial charge is 0.497 e. The maximum absolute atomic E-state index is 5.44. The Morgan fingerprint density at radius 2 is 1.05 bits per heavy atom. The summed E-state index contributed by atoms with van der Waals surface area (Å²) in [5, 5.41) is 1.45. The molecule has 0 saturated heterocycles. The molecule has 0 aliphatic carbocycles. The Morgan fingerprint density at radius 1 is 0.610 bits per heavy atom. The minimum Gasteiger partial charge on any atom is -0.497 e. The van der Waals surface area contributed by atoms with Gasteiger partial charge in [0.2, 0.25) is 0 Å². The molecule has 2 nitrogen and oxygen atoms in total. The van der Waals surface area contributed by atoms with E-state index in [1.54, 1.807) is 14.2 Å². The van der Waals surface area contributed by atoms with E-state index in [0.29, 0.717) is 0 Å². The Hall–Kier alpha value is -2.74. The summed E-state index contributed by atoms with van der Waals surface area (Å²) in [4.78, 5) is 1.25. The summed E-state index contributed by atoms with van der Waals surface area (Å²) in [5.74, 6) is 1.72. The second-order valence-electron chi connectivity index (χ2n) is 13.8. The van der Waals surface area contributed by atoms with E-state index < -0.39 is 0 Å². The maximum Gasteiger partial charge on any atom is 0.118 e. The van der Waals surface area contributed by atoms with Crippen LogP contribution in [0.15, 0.2) is 77.7 Å². The Kier molecular flexibility index (Phi) is 9.03. The molecule has 4 heteroatoms. The minimum atomic E-state index is 0.0349. The third-order valence-corrected chi connectivity index (χ3v) is 9.94. The van der Waals surface area contributed by atoms with Gasteiger partial charge in [-0.15, -0.1) is 0 Å². The highest BCUT2D eigenvalue weighted by Gasteiger charge is 2.29. The molecule has 0 radical (unpaired) electrons. The van der Waals surface area contributed by atoms with Crippen LogP contribution in [0.3, 0.4) is 0 Å². The maximum atomic E-state index is 5.44. The standard InChI is InChI=1S/C37H45O2PS/c1-35(2,3)26-22-29(36(4,5)6)34(30(23-26)37(7,8)9)40-32-21-20-31(41-32)33(24-12-16-27(38-10)17-13-24)25-14-18-28(39-11)19-15-25/h12-23H,1-11H3. The summed E-state index contributed by atoms with van der Waals surface area (Å²) in [7, 11) is 4.67. The van der Waals surface area contributed by atoms with Crippen LogP contribution in [0.25, 0.3) is 5.57 Å². The highest BCUT2D eigenvalue weighted by atomic mass is 32.2. The molecule has 1 heterocycles. The van der Waals surface area contributed by atoms with Crippen molar-refractivity contribution in [2.45, 2.75) is 78.6 Å². The molecule has 0 bridgehead atoms. The highest BCUT2D eigenvalue weighted by molar-refractivity contribution is 8.23. The lowest BCUT2D eigenvalue weighted by Gasteiger charge is -2.32. The van der Waals surface area contributed by atoms with E-state index >= 15 is 0 Å². The van der Waals surface area contributed by atoms with Crippen LogP contribution in [0.1, 0.15) is 90.1 Å². The zero-order chi connectivity index (χ0) is 30.2. The van der Waals surface area contributed by atoms with Crippen molar-refractivity contribution in [3.63, 3.8) is 0 Å². The lowest BCUT2D eigenvalue weighted by Crippen LogP contribution is -2.30. The van der Waals surface area contributed by atoms with Crippen molar-refractivity contribution >= 4 is 35.5 Å². The number of rotatable bonds is 5. The van der Waals surface area contributed by atoms with E-state index in [1.807, 2.05) is 36.0 Å². The molecule has 0 amide bonds. The molecule has 0 unspecified atom stereocenters. The quantitative estimate of drug-likeness (QED) is 0.278. The molecule has 1 aliphatic heterocycles. The number of allylic oxidation sites excluding steroid dienone is 1. The minimum absolute atomic E-state index is 0.0349. The van der Waals surface area contributed by atoms with Gasteiger partial charge in [-0.05, 0) is 80.5 Å². The van der Waals surface area contributed by atoms with Crippen molar-refractivity contribution in [3.05, 3.63) is 106 Å². The van der Waals surface area contributed by atoms with Gasteiger partial charge in [-0.1, -0.05) is 119 Å². The van der Waals surface area contributed by atoms with Crippen molar-refractivity contribution in [1.29, 1.82) is 0 Å². The fourth-order valence-corrected chi connectivity index (χ4v) is 7.93. The van der Waals surface area contributed by atoms with Crippen LogP contribution in [0, 0.1) is 0 Å². The van der Waals surface area contributed by atoms with Crippen molar-refractivity contribution < 1.29 is 9.47 Å². The zero-order valence-electron chi connectivity index (χ0n) is 26.6. The second-order valence-corrected chi connectivity index (χ2v) is 16.3.